The van der Waals surface area contributed by atoms with Crippen molar-refractivity contribution in [1.29, 1.82) is 0 Å². The SMILES string of the molecule is CC(C)CN1CC(C(=O)Nc2cnn3c2NCCC3)CC1=O. The first-order chi connectivity index (χ1) is 10.5. The van der Waals surface area contributed by atoms with Crippen molar-refractivity contribution < 1.29 is 9.59 Å². The molecule has 2 N–H and O–H groups in total. The third kappa shape index (κ3) is 2.93. The second kappa shape index (κ2) is 5.98. The van der Waals surface area contributed by atoms with E-state index in [0.717, 1.165) is 25.3 Å². The molecule has 22 heavy (non-hydrogen) atoms. The Morgan fingerprint density at radius 3 is 3.14 bits per heavy atom. The van der Waals surface area contributed by atoms with Crippen LogP contribution in [-0.4, -0.2) is 46.1 Å². The predicted molar refractivity (Wildman–Crippen MR) is 83.5 cm³/mol. The maximum Gasteiger partial charge on any atom is 0.229 e. The van der Waals surface area contributed by atoms with Crippen LogP contribution in [0.15, 0.2) is 6.20 Å². The van der Waals surface area contributed by atoms with Gasteiger partial charge in [0.05, 0.1) is 12.1 Å². The molecule has 0 aromatic carbocycles. The van der Waals surface area contributed by atoms with Crippen molar-refractivity contribution in [2.75, 3.05) is 30.3 Å². The molecule has 1 atom stereocenters. The van der Waals surface area contributed by atoms with Gasteiger partial charge in [-0.3, -0.25) is 9.59 Å². The molecule has 1 saturated heterocycles. The van der Waals surface area contributed by atoms with Gasteiger partial charge in [0.2, 0.25) is 11.8 Å². The zero-order chi connectivity index (χ0) is 15.7. The van der Waals surface area contributed by atoms with Gasteiger partial charge < -0.3 is 15.5 Å². The molecule has 7 nitrogen and oxygen atoms in total. The lowest BCUT2D eigenvalue weighted by Crippen LogP contribution is -2.31. The second-order valence-electron chi connectivity index (χ2n) is 6.49. The molecule has 0 bridgehead atoms. The van der Waals surface area contributed by atoms with Crippen molar-refractivity contribution in [3.8, 4) is 0 Å². The van der Waals surface area contributed by atoms with E-state index >= 15 is 0 Å². The standard InChI is InChI=1S/C15H23N5O2/c1-10(2)8-19-9-11(6-13(19)21)15(22)18-12-7-17-20-5-3-4-16-14(12)20/h7,10-11,16H,3-6,8-9H2,1-2H3,(H,18,22). The monoisotopic (exact) mass is 305 g/mol. The highest BCUT2D eigenvalue weighted by Crippen LogP contribution is 2.26. The van der Waals surface area contributed by atoms with E-state index in [2.05, 4.69) is 29.6 Å². The molecule has 1 unspecified atom stereocenters. The van der Waals surface area contributed by atoms with Gasteiger partial charge in [0.25, 0.3) is 0 Å². The van der Waals surface area contributed by atoms with Crippen LogP contribution >= 0.6 is 0 Å². The number of nitrogens with one attached hydrogen (secondary N) is 2. The number of hydrogen-bond acceptors (Lipinski definition) is 4. The van der Waals surface area contributed by atoms with Crippen LogP contribution in [0.5, 0.6) is 0 Å². The number of fused-ring (bicyclic) bond motifs is 1. The number of likely N-dealkylation sites (tertiary alicyclic amines) is 1. The van der Waals surface area contributed by atoms with Gasteiger partial charge in [-0.05, 0) is 12.3 Å². The van der Waals surface area contributed by atoms with Crippen molar-refractivity contribution in [3.63, 3.8) is 0 Å². The molecule has 3 rings (SSSR count). The fourth-order valence-corrected chi connectivity index (χ4v) is 3.07. The van der Waals surface area contributed by atoms with Gasteiger partial charge in [0, 0.05) is 32.6 Å². The highest BCUT2D eigenvalue weighted by atomic mass is 16.2. The first-order valence-corrected chi connectivity index (χ1v) is 7.93. The summed E-state index contributed by atoms with van der Waals surface area (Å²) in [5, 5.41) is 10.4. The quantitative estimate of drug-likeness (QED) is 0.874. The first kappa shape index (κ1) is 14.9. The van der Waals surface area contributed by atoms with E-state index in [0.29, 0.717) is 31.1 Å². The summed E-state index contributed by atoms with van der Waals surface area (Å²) in [5.74, 6) is 0.984. The number of anilines is 2. The Labute approximate surface area is 130 Å². The van der Waals surface area contributed by atoms with Crippen molar-refractivity contribution in [3.05, 3.63) is 6.20 Å². The molecule has 0 radical (unpaired) electrons. The molecule has 7 heteroatoms. The minimum atomic E-state index is -0.273. The molecule has 2 amide bonds. The van der Waals surface area contributed by atoms with Gasteiger partial charge in [-0.15, -0.1) is 0 Å². The highest BCUT2D eigenvalue weighted by molar-refractivity contribution is 5.98. The van der Waals surface area contributed by atoms with Crippen molar-refractivity contribution in [2.45, 2.75) is 33.2 Å². The summed E-state index contributed by atoms with van der Waals surface area (Å²) in [6.45, 7) is 7.13. The summed E-state index contributed by atoms with van der Waals surface area (Å²) in [6.07, 6.45) is 3.01. The Balaban J connectivity index is 1.63. The van der Waals surface area contributed by atoms with Gasteiger partial charge in [0.1, 0.15) is 11.5 Å². The molecular formula is C15H23N5O2. The Kier molecular flexibility index (Phi) is 4.04. The van der Waals surface area contributed by atoms with E-state index in [1.165, 1.54) is 0 Å². The number of aryl methyl sites for hydroxylation is 1. The fraction of sp³-hybridized carbons (Fsp3) is 0.667. The average Bonchev–Trinajstić information content (AvgIpc) is 3.04. The van der Waals surface area contributed by atoms with E-state index in [4.69, 9.17) is 0 Å². The van der Waals surface area contributed by atoms with Crippen molar-refractivity contribution >= 4 is 23.3 Å². The Bertz CT molecular complexity index is 580. The van der Waals surface area contributed by atoms with Gasteiger partial charge in [-0.1, -0.05) is 13.8 Å². The molecule has 0 spiro atoms. The number of rotatable bonds is 4. The molecule has 0 saturated carbocycles. The molecule has 1 aromatic heterocycles. The average molecular weight is 305 g/mol. The van der Waals surface area contributed by atoms with Crippen LogP contribution in [0.1, 0.15) is 26.7 Å². The molecule has 1 fully saturated rings. The third-order valence-corrected chi connectivity index (χ3v) is 4.11. The van der Waals surface area contributed by atoms with E-state index < -0.39 is 0 Å². The van der Waals surface area contributed by atoms with Crippen LogP contribution in [0.2, 0.25) is 0 Å². The van der Waals surface area contributed by atoms with Crippen molar-refractivity contribution in [2.24, 2.45) is 11.8 Å². The largest absolute Gasteiger partial charge is 0.368 e. The summed E-state index contributed by atoms with van der Waals surface area (Å²) >= 11 is 0. The number of nitrogens with zero attached hydrogens (tertiary/aromatic N) is 3. The van der Waals surface area contributed by atoms with Gasteiger partial charge in [-0.25, -0.2) is 4.68 Å². The van der Waals surface area contributed by atoms with Crippen molar-refractivity contribution in [1.82, 2.24) is 14.7 Å². The summed E-state index contributed by atoms with van der Waals surface area (Å²) in [7, 11) is 0. The molecule has 0 aliphatic carbocycles. The number of aromatic nitrogens is 2. The zero-order valence-corrected chi connectivity index (χ0v) is 13.1. The summed E-state index contributed by atoms with van der Waals surface area (Å²) in [6, 6.07) is 0. The minimum Gasteiger partial charge on any atom is -0.368 e. The molecular weight excluding hydrogens is 282 g/mol. The smallest absolute Gasteiger partial charge is 0.229 e. The number of hydrogen-bond donors (Lipinski definition) is 2. The maximum atomic E-state index is 12.4. The van der Waals surface area contributed by atoms with Crippen LogP contribution < -0.4 is 10.6 Å². The van der Waals surface area contributed by atoms with E-state index in [1.54, 1.807) is 11.1 Å². The molecule has 3 heterocycles. The van der Waals surface area contributed by atoms with Gasteiger partial charge in [0.15, 0.2) is 0 Å². The second-order valence-corrected chi connectivity index (χ2v) is 6.49. The lowest BCUT2D eigenvalue weighted by molar-refractivity contribution is -0.128. The normalized spacial score (nSPS) is 21.0. The van der Waals surface area contributed by atoms with Crippen LogP contribution in [0, 0.1) is 11.8 Å². The number of carbonyl (C=O) groups is 2. The number of carbonyl (C=O) groups excluding carboxylic acids is 2. The summed E-state index contributed by atoms with van der Waals surface area (Å²) in [5.41, 5.74) is 0.708. The Morgan fingerprint density at radius 1 is 1.55 bits per heavy atom. The summed E-state index contributed by atoms with van der Waals surface area (Å²) in [4.78, 5) is 26.2. The first-order valence-electron chi connectivity index (χ1n) is 7.93. The molecule has 2 aliphatic rings. The van der Waals surface area contributed by atoms with E-state index in [-0.39, 0.29) is 17.7 Å². The van der Waals surface area contributed by atoms with Crippen LogP contribution in [-0.2, 0) is 16.1 Å². The third-order valence-electron chi connectivity index (χ3n) is 4.11. The van der Waals surface area contributed by atoms with E-state index in [1.807, 2.05) is 4.68 Å². The van der Waals surface area contributed by atoms with Crippen LogP contribution in [0.25, 0.3) is 0 Å². The lowest BCUT2D eigenvalue weighted by atomic mass is 10.1. The zero-order valence-electron chi connectivity index (χ0n) is 13.1. The fourth-order valence-electron chi connectivity index (χ4n) is 3.07. The molecule has 2 aliphatic heterocycles. The van der Waals surface area contributed by atoms with Gasteiger partial charge in [-0.2, -0.15) is 5.10 Å². The topological polar surface area (TPSA) is 79.3 Å². The predicted octanol–water partition coefficient (Wildman–Crippen LogP) is 1.14. The van der Waals surface area contributed by atoms with Crippen LogP contribution in [0.3, 0.4) is 0 Å². The Hall–Kier alpha value is -2.05. The summed E-state index contributed by atoms with van der Waals surface area (Å²) < 4.78 is 1.87. The lowest BCUT2D eigenvalue weighted by Gasteiger charge is -2.19. The van der Waals surface area contributed by atoms with Crippen LogP contribution in [0.4, 0.5) is 11.5 Å². The maximum absolute atomic E-state index is 12.4. The Morgan fingerprint density at radius 2 is 2.36 bits per heavy atom. The minimum absolute atomic E-state index is 0.0732. The van der Waals surface area contributed by atoms with E-state index in [9.17, 15) is 9.59 Å². The number of amides is 2. The molecule has 1 aromatic rings. The molecule has 120 valence electrons. The van der Waals surface area contributed by atoms with Gasteiger partial charge >= 0.3 is 0 Å². The highest BCUT2D eigenvalue weighted by Gasteiger charge is 2.34.